The van der Waals surface area contributed by atoms with Crippen molar-refractivity contribution in [1.29, 1.82) is 0 Å². The molecule has 1 saturated carbocycles. The first kappa shape index (κ1) is 14.3. The van der Waals surface area contributed by atoms with Crippen LogP contribution in [0.4, 0.5) is 0 Å². The fourth-order valence-electron chi connectivity index (χ4n) is 3.01. The molecule has 1 nitrogen and oxygen atoms in total. The van der Waals surface area contributed by atoms with E-state index < -0.39 is 0 Å². The number of aryl methyl sites for hydroxylation is 1. The predicted octanol–water partition coefficient (Wildman–Crippen LogP) is 4.59. The Hall–Kier alpha value is -1.60. The summed E-state index contributed by atoms with van der Waals surface area (Å²) in [6.07, 6.45) is 3.84. The maximum atomic E-state index is 3.70. The van der Waals surface area contributed by atoms with Gasteiger partial charge < -0.3 is 5.32 Å². The summed E-state index contributed by atoms with van der Waals surface area (Å²) in [5.74, 6) is 0.828. The molecule has 0 aromatic heterocycles. The molecule has 0 aliphatic heterocycles. The SMILES string of the molecule is Cc1ccccc1CC(C)NCc1ccccc1C1CC1. The van der Waals surface area contributed by atoms with E-state index in [2.05, 4.69) is 67.7 Å². The first-order valence-electron chi connectivity index (χ1n) is 8.09. The molecule has 2 aromatic rings. The van der Waals surface area contributed by atoms with Crippen LogP contribution in [0.2, 0.25) is 0 Å². The third kappa shape index (κ3) is 3.74. The summed E-state index contributed by atoms with van der Waals surface area (Å²) in [6.45, 7) is 5.47. The number of hydrogen-bond acceptors (Lipinski definition) is 1. The molecule has 1 aliphatic rings. The lowest BCUT2D eigenvalue weighted by molar-refractivity contribution is 0.543. The average Bonchev–Trinajstić information content (AvgIpc) is 3.32. The van der Waals surface area contributed by atoms with Crippen molar-refractivity contribution in [1.82, 2.24) is 5.32 Å². The number of rotatable bonds is 6. The largest absolute Gasteiger partial charge is 0.310 e. The van der Waals surface area contributed by atoms with Gasteiger partial charge in [-0.1, -0.05) is 48.5 Å². The smallest absolute Gasteiger partial charge is 0.0210 e. The van der Waals surface area contributed by atoms with Gasteiger partial charge in [-0.3, -0.25) is 0 Å². The van der Waals surface area contributed by atoms with Crippen molar-refractivity contribution in [2.75, 3.05) is 0 Å². The molecule has 1 aliphatic carbocycles. The topological polar surface area (TPSA) is 12.0 Å². The van der Waals surface area contributed by atoms with Gasteiger partial charge in [0.05, 0.1) is 0 Å². The van der Waals surface area contributed by atoms with Crippen molar-refractivity contribution in [2.24, 2.45) is 0 Å². The second-order valence-electron chi connectivity index (χ2n) is 6.39. The van der Waals surface area contributed by atoms with Crippen LogP contribution in [0.1, 0.15) is 47.9 Å². The van der Waals surface area contributed by atoms with Crippen molar-refractivity contribution in [3.63, 3.8) is 0 Å². The first-order valence-corrected chi connectivity index (χ1v) is 8.09. The fourth-order valence-corrected chi connectivity index (χ4v) is 3.01. The second kappa shape index (κ2) is 6.44. The average molecular weight is 279 g/mol. The van der Waals surface area contributed by atoms with Crippen LogP contribution < -0.4 is 5.32 Å². The Labute approximate surface area is 128 Å². The van der Waals surface area contributed by atoms with Crippen LogP contribution in [0.3, 0.4) is 0 Å². The lowest BCUT2D eigenvalue weighted by Crippen LogP contribution is -2.28. The number of nitrogens with one attached hydrogen (secondary N) is 1. The minimum absolute atomic E-state index is 0.498. The van der Waals surface area contributed by atoms with Crippen molar-refractivity contribution in [3.8, 4) is 0 Å². The standard InChI is InChI=1S/C20H25N/c1-15-7-3-4-8-18(15)13-16(2)21-14-19-9-5-6-10-20(19)17-11-12-17/h3-10,16-17,21H,11-14H2,1-2H3. The van der Waals surface area contributed by atoms with E-state index in [4.69, 9.17) is 0 Å². The third-order valence-corrected chi connectivity index (χ3v) is 4.50. The van der Waals surface area contributed by atoms with Crippen molar-refractivity contribution >= 4 is 0 Å². The van der Waals surface area contributed by atoms with Crippen molar-refractivity contribution in [2.45, 2.75) is 51.6 Å². The van der Waals surface area contributed by atoms with E-state index in [0.717, 1.165) is 18.9 Å². The van der Waals surface area contributed by atoms with E-state index in [1.54, 1.807) is 5.56 Å². The zero-order valence-electron chi connectivity index (χ0n) is 13.1. The minimum atomic E-state index is 0.498. The molecular formula is C20H25N. The highest BCUT2D eigenvalue weighted by molar-refractivity contribution is 5.33. The summed E-state index contributed by atoms with van der Waals surface area (Å²) in [5, 5.41) is 3.70. The molecule has 0 saturated heterocycles. The molecule has 0 heterocycles. The Kier molecular flexibility index (Phi) is 4.40. The van der Waals surface area contributed by atoms with E-state index in [1.165, 1.54) is 29.5 Å². The Bertz CT molecular complexity index is 598. The Morgan fingerprint density at radius 2 is 1.67 bits per heavy atom. The molecule has 1 fully saturated rings. The van der Waals surface area contributed by atoms with Gasteiger partial charge in [-0.2, -0.15) is 0 Å². The summed E-state index contributed by atoms with van der Waals surface area (Å²) in [5.41, 5.74) is 5.89. The Balaban J connectivity index is 1.59. The summed E-state index contributed by atoms with van der Waals surface area (Å²) < 4.78 is 0. The number of benzene rings is 2. The maximum absolute atomic E-state index is 3.70. The summed E-state index contributed by atoms with van der Waals surface area (Å²) >= 11 is 0. The molecule has 1 heteroatoms. The van der Waals surface area contributed by atoms with Crippen LogP contribution in [0, 0.1) is 6.92 Å². The predicted molar refractivity (Wildman–Crippen MR) is 89.6 cm³/mol. The van der Waals surface area contributed by atoms with Gasteiger partial charge in [-0.15, -0.1) is 0 Å². The van der Waals surface area contributed by atoms with Gasteiger partial charge in [0, 0.05) is 12.6 Å². The second-order valence-corrected chi connectivity index (χ2v) is 6.39. The quantitative estimate of drug-likeness (QED) is 0.815. The Morgan fingerprint density at radius 3 is 2.38 bits per heavy atom. The van der Waals surface area contributed by atoms with Crippen molar-refractivity contribution < 1.29 is 0 Å². The molecule has 1 atom stereocenters. The van der Waals surface area contributed by atoms with Crippen LogP contribution in [0.5, 0.6) is 0 Å². The highest BCUT2D eigenvalue weighted by Gasteiger charge is 2.25. The summed E-state index contributed by atoms with van der Waals surface area (Å²) in [7, 11) is 0. The van der Waals surface area contributed by atoms with Gasteiger partial charge in [-0.05, 0) is 61.3 Å². The Morgan fingerprint density at radius 1 is 1.00 bits per heavy atom. The molecule has 0 spiro atoms. The third-order valence-electron chi connectivity index (χ3n) is 4.50. The molecule has 0 amide bonds. The van der Waals surface area contributed by atoms with E-state index in [0.29, 0.717) is 6.04 Å². The zero-order chi connectivity index (χ0) is 14.7. The molecule has 0 radical (unpaired) electrons. The molecule has 1 N–H and O–H groups in total. The molecule has 1 unspecified atom stereocenters. The van der Waals surface area contributed by atoms with Crippen LogP contribution >= 0.6 is 0 Å². The van der Waals surface area contributed by atoms with Gasteiger partial charge in [0.25, 0.3) is 0 Å². The van der Waals surface area contributed by atoms with Crippen LogP contribution in [0.15, 0.2) is 48.5 Å². The van der Waals surface area contributed by atoms with Gasteiger partial charge in [0.2, 0.25) is 0 Å². The number of hydrogen-bond donors (Lipinski definition) is 1. The van der Waals surface area contributed by atoms with Gasteiger partial charge in [0.15, 0.2) is 0 Å². The van der Waals surface area contributed by atoms with Crippen LogP contribution in [-0.2, 0) is 13.0 Å². The fraction of sp³-hybridized carbons (Fsp3) is 0.400. The van der Waals surface area contributed by atoms with Gasteiger partial charge >= 0.3 is 0 Å². The summed E-state index contributed by atoms with van der Waals surface area (Å²) in [4.78, 5) is 0. The van der Waals surface area contributed by atoms with Crippen molar-refractivity contribution in [3.05, 3.63) is 70.8 Å². The van der Waals surface area contributed by atoms with E-state index in [1.807, 2.05) is 0 Å². The van der Waals surface area contributed by atoms with E-state index in [9.17, 15) is 0 Å². The summed E-state index contributed by atoms with van der Waals surface area (Å²) in [6, 6.07) is 18.1. The molecule has 110 valence electrons. The first-order chi connectivity index (χ1) is 10.2. The molecule has 0 bridgehead atoms. The normalized spacial score (nSPS) is 15.9. The minimum Gasteiger partial charge on any atom is -0.310 e. The highest BCUT2D eigenvalue weighted by atomic mass is 14.9. The zero-order valence-corrected chi connectivity index (χ0v) is 13.1. The maximum Gasteiger partial charge on any atom is 0.0210 e. The van der Waals surface area contributed by atoms with Gasteiger partial charge in [-0.25, -0.2) is 0 Å². The van der Waals surface area contributed by atoms with Gasteiger partial charge in [0.1, 0.15) is 0 Å². The molecule has 21 heavy (non-hydrogen) atoms. The van der Waals surface area contributed by atoms with Crippen LogP contribution in [0.25, 0.3) is 0 Å². The van der Waals surface area contributed by atoms with Crippen LogP contribution in [-0.4, -0.2) is 6.04 Å². The molecular weight excluding hydrogens is 254 g/mol. The van der Waals surface area contributed by atoms with E-state index in [-0.39, 0.29) is 0 Å². The lowest BCUT2D eigenvalue weighted by atomic mass is 10.0. The van der Waals surface area contributed by atoms with E-state index >= 15 is 0 Å². The molecule has 2 aromatic carbocycles. The monoisotopic (exact) mass is 279 g/mol. The highest BCUT2D eigenvalue weighted by Crippen LogP contribution is 2.41. The molecule has 3 rings (SSSR count). The lowest BCUT2D eigenvalue weighted by Gasteiger charge is -2.17.